The summed E-state index contributed by atoms with van der Waals surface area (Å²) in [7, 11) is 1.69. The molecule has 3 N–H and O–H groups in total. The Kier molecular flexibility index (Phi) is 5.21. The highest BCUT2D eigenvalue weighted by molar-refractivity contribution is 7.13. The van der Waals surface area contributed by atoms with E-state index in [1.165, 1.54) is 15.9 Å². The number of thiophene rings is 1. The van der Waals surface area contributed by atoms with Gasteiger partial charge >= 0.3 is 5.69 Å². The zero-order valence-corrected chi connectivity index (χ0v) is 15.4. The highest BCUT2D eigenvalue weighted by Gasteiger charge is 2.18. The largest absolute Gasteiger partial charge is 0.418 e. The van der Waals surface area contributed by atoms with Crippen molar-refractivity contribution in [3.63, 3.8) is 0 Å². The number of anilines is 2. The second-order valence-electron chi connectivity index (χ2n) is 5.83. The lowest BCUT2D eigenvalue weighted by Crippen LogP contribution is -2.37. The molecule has 3 rings (SSSR count). The lowest BCUT2D eigenvalue weighted by atomic mass is 10.3. The Morgan fingerprint density at radius 1 is 1.38 bits per heavy atom. The third-order valence-electron chi connectivity index (χ3n) is 3.90. The molecule has 0 aliphatic rings. The molecule has 0 fully saturated rings. The van der Waals surface area contributed by atoms with Crippen LogP contribution in [-0.2, 0) is 13.1 Å². The van der Waals surface area contributed by atoms with Crippen molar-refractivity contribution in [1.29, 1.82) is 0 Å². The zero-order chi connectivity index (χ0) is 18.7. The predicted octanol–water partition coefficient (Wildman–Crippen LogP) is 1.67. The SMILES string of the molecule is CCCCn1c(N)c(N(C)Cc2nnc(-c3cccs3)o2)c(=O)[nH]c1=O. The van der Waals surface area contributed by atoms with E-state index >= 15 is 0 Å². The van der Waals surface area contributed by atoms with Crippen molar-refractivity contribution in [3.05, 3.63) is 44.2 Å². The van der Waals surface area contributed by atoms with Gasteiger partial charge in [-0.2, -0.15) is 0 Å². The monoisotopic (exact) mass is 376 g/mol. The molecule has 0 atom stereocenters. The van der Waals surface area contributed by atoms with E-state index in [0.29, 0.717) is 18.3 Å². The molecule has 10 heteroatoms. The maximum absolute atomic E-state index is 12.3. The second-order valence-corrected chi connectivity index (χ2v) is 6.78. The summed E-state index contributed by atoms with van der Waals surface area (Å²) < 4.78 is 7.02. The summed E-state index contributed by atoms with van der Waals surface area (Å²) in [6, 6.07) is 3.79. The summed E-state index contributed by atoms with van der Waals surface area (Å²) >= 11 is 1.50. The van der Waals surface area contributed by atoms with E-state index in [9.17, 15) is 9.59 Å². The summed E-state index contributed by atoms with van der Waals surface area (Å²) in [5.41, 5.74) is 5.26. The minimum Gasteiger partial charge on any atom is -0.418 e. The van der Waals surface area contributed by atoms with Crippen molar-refractivity contribution >= 4 is 22.8 Å². The number of hydrogen-bond acceptors (Lipinski definition) is 8. The first-order valence-electron chi connectivity index (χ1n) is 8.21. The van der Waals surface area contributed by atoms with Crippen LogP contribution in [0.15, 0.2) is 31.5 Å². The van der Waals surface area contributed by atoms with Crippen LogP contribution in [0.5, 0.6) is 0 Å². The van der Waals surface area contributed by atoms with E-state index < -0.39 is 11.2 Å². The highest BCUT2D eigenvalue weighted by atomic mass is 32.1. The summed E-state index contributed by atoms with van der Waals surface area (Å²) in [5.74, 6) is 0.909. The molecule has 0 aliphatic carbocycles. The van der Waals surface area contributed by atoms with Gasteiger partial charge in [0.05, 0.1) is 11.4 Å². The number of nitrogens with two attached hydrogens (primary N) is 1. The van der Waals surface area contributed by atoms with Gasteiger partial charge in [-0.1, -0.05) is 19.4 Å². The van der Waals surface area contributed by atoms with Crippen LogP contribution in [0.3, 0.4) is 0 Å². The van der Waals surface area contributed by atoms with Crippen LogP contribution < -0.4 is 21.9 Å². The fourth-order valence-corrected chi connectivity index (χ4v) is 3.23. The number of rotatable bonds is 7. The number of unbranched alkanes of at least 4 members (excludes halogenated alkanes) is 1. The molecule has 0 bridgehead atoms. The molecule has 0 aromatic carbocycles. The fraction of sp³-hybridized carbons (Fsp3) is 0.375. The average Bonchev–Trinajstić information content (AvgIpc) is 3.25. The Morgan fingerprint density at radius 3 is 2.88 bits per heavy atom. The van der Waals surface area contributed by atoms with Gasteiger partial charge < -0.3 is 15.1 Å². The molecule has 0 saturated carbocycles. The third kappa shape index (κ3) is 3.54. The number of nitrogen functional groups attached to an aromatic ring is 1. The van der Waals surface area contributed by atoms with Gasteiger partial charge in [-0.25, -0.2) is 4.79 Å². The van der Waals surface area contributed by atoms with Crippen LogP contribution in [0, 0.1) is 0 Å². The minimum absolute atomic E-state index is 0.132. The van der Waals surface area contributed by atoms with Gasteiger partial charge in [-0.3, -0.25) is 14.3 Å². The van der Waals surface area contributed by atoms with E-state index in [-0.39, 0.29) is 18.1 Å². The summed E-state index contributed by atoms with van der Waals surface area (Å²) in [6.45, 7) is 2.65. The van der Waals surface area contributed by atoms with Crippen molar-refractivity contribution in [2.75, 3.05) is 17.7 Å². The van der Waals surface area contributed by atoms with Gasteiger partial charge in [0.1, 0.15) is 11.5 Å². The first-order chi connectivity index (χ1) is 12.5. The lowest BCUT2D eigenvalue weighted by Gasteiger charge is -2.20. The van der Waals surface area contributed by atoms with Crippen molar-refractivity contribution in [1.82, 2.24) is 19.7 Å². The van der Waals surface area contributed by atoms with Crippen molar-refractivity contribution in [2.45, 2.75) is 32.9 Å². The number of aromatic nitrogens is 4. The van der Waals surface area contributed by atoms with Crippen molar-refractivity contribution in [3.8, 4) is 10.8 Å². The lowest BCUT2D eigenvalue weighted by molar-refractivity contribution is 0.503. The Hall–Kier alpha value is -2.88. The zero-order valence-electron chi connectivity index (χ0n) is 14.6. The van der Waals surface area contributed by atoms with E-state index in [4.69, 9.17) is 10.2 Å². The van der Waals surface area contributed by atoms with Gasteiger partial charge in [-0.05, 0) is 17.9 Å². The van der Waals surface area contributed by atoms with Gasteiger partial charge in [0, 0.05) is 13.6 Å². The third-order valence-corrected chi connectivity index (χ3v) is 4.76. The van der Waals surface area contributed by atoms with Crippen molar-refractivity contribution in [2.24, 2.45) is 0 Å². The molecule has 0 unspecified atom stereocenters. The Bertz CT molecular complexity index is 988. The van der Waals surface area contributed by atoms with Gasteiger partial charge in [0.25, 0.3) is 11.4 Å². The van der Waals surface area contributed by atoms with Crippen LogP contribution in [0.1, 0.15) is 25.7 Å². The molecular formula is C16H20N6O3S. The second kappa shape index (κ2) is 7.56. The summed E-state index contributed by atoms with van der Waals surface area (Å²) in [4.78, 5) is 29.0. The Labute approximate surface area is 153 Å². The average molecular weight is 376 g/mol. The molecule has 3 aromatic rings. The van der Waals surface area contributed by atoms with Gasteiger partial charge in [0.15, 0.2) is 0 Å². The normalized spacial score (nSPS) is 11.0. The van der Waals surface area contributed by atoms with E-state index in [2.05, 4.69) is 15.2 Å². The smallest absolute Gasteiger partial charge is 0.330 e. The van der Waals surface area contributed by atoms with Crippen LogP contribution in [0.4, 0.5) is 11.5 Å². The number of hydrogen-bond donors (Lipinski definition) is 2. The maximum Gasteiger partial charge on any atom is 0.330 e. The molecule has 9 nitrogen and oxygen atoms in total. The van der Waals surface area contributed by atoms with Crippen LogP contribution in [0.25, 0.3) is 10.8 Å². The van der Waals surface area contributed by atoms with Crippen LogP contribution in [0.2, 0.25) is 0 Å². The molecule has 0 saturated heterocycles. The summed E-state index contributed by atoms with van der Waals surface area (Å²) in [5, 5.41) is 9.95. The van der Waals surface area contributed by atoms with Gasteiger partial charge in [-0.15, -0.1) is 21.5 Å². The number of H-pyrrole nitrogens is 1. The van der Waals surface area contributed by atoms with E-state index in [1.807, 2.05) is 24.4 Å². The molecular weight excluding hydrogens is 356 g/mol. The molecule has 26 heavy (non-hydrogen) atoms. The Morgan fingerprint density at radius 2 is 2.19 bits per heavy atom. The molecule has 0 amide bonds. The highest BCUT2D eigenvalue weighted by Crippen LogP contribution is 2.24. The molecule has 0 radical (unpaired) electrons. The fourth-order valence-electron chi connectivity index (χ4n) is 2.58. The Balaban J connectivity index is 1.87. The van der Waals surface area contributed by atoms with E-state index in [1.54, 1.807) is 11.9 Å². The topological polar surface area (TPSA) is 123 Å². The van der Waals surface area contributed by atoms with Crippen LogP contribution in [-0.4, -0.2) is 26.8 Å². The molecule has 0 spiro atoms. The number of nitrogens with zero attached hydrogens (tertiary/aromatic N) is 4. The standard InChI is InChI=1S/C16H20N6O3S/c1-3-4-7-22-13(17)12(14(23)18-16(22)24)21(2)9-11-19-20-15(25-11)10-6-5-8-26-10/h5-6,8H,3-4,7,9,17H2,1-2H3,(H,18,23,24). The predicted molar refractivity (Wildman–Crippen MR) is 100 cm³/mol. The molecule has 3 heterocycles. The quantitative estimate of drug-likeness (QED) is 0.643. The maximum atomic E-state index is 12.3. The first kappa shape index (κ1) is 17.9. The summed E-state index contributed by atoms with van der Waals surface area (Å²) in [6.07, 6.45) is 1.69. The first-order valence-corrected chi connectivity index (χ1v) is 9.09. The van der Waals surface area contributed by atoms with Crippen molar-refractivity contribution < 1.29 is 4.42 Å². The van der Waals surface area contributed by atoms with E-state index in [0.717, 1.165) is 17.7 Å². The number of nitrogens with one attached hydrogen (secondary N) is 1. The molecule has 3 aromatic heterocycles. The van der Waals surface area contributed by atoms with Gasteiger partial charge in [0.2, 0.25) is 5.89 Å². The number of aromatic amines is 1. The minimum atomic E-state index is -0.541. The van der Waals surface area contributed by atoms with Crippen LogP contribution >= 0.6 is 11.3 Å². The molecule has 138 valence electrons. The molecule has 0 aliphatic heterocycles.